The van der Waals surface area contributed by atoms with E-state index in [9.17, 15) is 9.90 Å². The number of aliphatic hydroxyl groups excluding tert-OH is 1. The number of aromatic nitrogens is 1. The molecule has 0 saturated carbocycles. The summed E-state index contributed by atoms with van der Waals surface area (Å²) in [6.45, 7) is 0.539. The average Bonchev–Trinajstić information content (AvgIpc) is 3.04. The molecule has 0 spiro atoms. The maximum atomic E-state index is 12.3. The lowest BCUT2D eigenvalue weighted by Gasteiger charge is -2.25. The Morgan fingerprint density at radius 1 is 0.738 bits per heavy atom. The molecule has 1 aromatic heterocycles. The zero-order valence-electron chi connectivity index (χ0n) is 23.8. The normalized spacial score (nSPS) is 12.5. The summed E-state index contributed by atoms with van der Waals surface area (Å²) < 4.78 is 22.9. The van der Waals surface area contributed by atoms with Crippen LogP contribution in [-0.2, 0) is 6.61 Å². The Hall–Kier alpha value is -4.79. The van der Waals surface area contributed by atoms with E-state index in [0.29, 0.717) is 46.1 Å². The molecule has 5 aromatic rings. The summed E-state index contributed by atoms with van der Waals surface area (Å²) in [6, 6.07) is 29.6. The third-order valence-electron chi connectivity index (χ3n) is 7.20. The summed E-state index contributed by atoms with van der Waals surface area (Å²) in [5.41, 5.74) is 3.69. The van der Waals surface area contributed by atoms with E-state index in [1.54, 1.807) is 33.5 Å². The van der Waals surface area contributed by atoms with Crippen LogP contribution < -0.4 is 29.8 Å². The van der Waals surface area contributed by atoms with Gasteiger partial charge in [0, 0.05) is 35.2 Å². The zero-order chi connectivity index (χ0) is 29.5. The molecule has 1 heterocycles. The molecule has 1 unspecified atom stereocenters. The van der Waals surface area contributed by atoms with Crippen LogP contribution in [-0.4, -0.2) is 38.0 Å². The molecule has 0 radical (unpaired) electrons. The number of hydrogen-bond donors (Lipinski definition) is 3. The second-order valence-electron chi connectivity index (χ2n) is 9.75. The number of fused-ring (bicyclic) bond motifs is 1. The molecule has 42 heavy (non-hydrogen) atoms. The summed E-state index contributed by atoms with van der Waals surface area (Å²) in [5.74, 6) is 2.54. The summed E-state index contributed by atoms with van der Waals surface area (Å²) in [4.78, 5) is 15.2. The van der Waals surface area contributed by atoms with Crippen molar-refractivity contribution in [3.8, 4) is 23.0 Å². The fourth-order valence-electron chi connectivity index (χ4n) is 5.08. The van der Waals surface area contributed by atoms with Crippen LogP contribution in [0, 0.1) is 0 Å². The van der Waals surface area contributed by atoms with Crippen molar-refractivity contribution in [3.63, 3.8) is 0 Å². The van der Waals surface area contributed by atoms with Crippen molar-refractivity contribution >= 4 is 10.9 Å². The highest BCUT2D eigenvalue weighted by molar-refractivity contribution is 5.87. The van der Waals surface area contributed by atoms with Gasteiger partial charge in [0.15, 0.2) is 0 Å². The van der Waals surface area contributed by atoms with Gasteiger partial charge in [0.25, 0.3) is 0 Å². The Morgan fingerprint density at radius 3 is 2.21 bits per heavy atom. The van der Waals surface area contributed by atoms with E-state index in [0.717, 1.165) is 16.7 Å². The predicted molar refractivity (Wildman–Crippen MR) is 163 cm³/mol. The Morgan fingerprint density at radius 2 is 1.45 bits per heavy atom. The number of methoxy groups -OCH3 is 3. The SMILES string of the molecule is COc1ccc(C(NC[C@H](O)c2ccc(OCc3ccccc3)c3[nH]c(=O)ccc23)c2ccccc2OC)c(OC)c1. The van der Waals surface area contributed by atoms with Gasteiger partial charge in [-0.15, -0.1) is 0 Å². The molecular weight excluding hydrogens is 532 g/mol. The first-order valence-electron chi connectivity index (χ1n) is 13.6. The summed E-state index contributed by atoms with van der Waals surface area (Å²) >= 11 is 0. The molecule has 4 aromatic carbocycles. The van der Waals surface area contributed by atoms with Gasteiger partial charge >= 0.3 is 0 Å². The van der Waals surface area contributed by atoms with E-state index in [4.69, 9.17) is 18.9 Å². The van der Waals surface area contributed by atoms with Gasteiger partial charge in [-0.25, -0.2) is 0 Å². The largest absolute Gasteiger partial charge is 0.497 e. The average molecular weight is 567 g/mol. The molecule has 8 heteroatoms. The van der Waals surface area contributed by atoms with Crippen molar-refractivity contribution in [2.24, 2.45) is 0 Å². The van der Waals surface area contributed by atoms with Gasteiger partial charge in [0.1, 0.15) is 29.6 Å². The molecule has 5 rings (SSSR count). The van der Waals surface area contributed by atoms with Crippen LogP contribution in [0.3, 0.4) is 0 Å². The third-order valence-corrected chi connectivity index (χ3v) is 7.20. The van der Waals surface area contributed by atoms with E-state index in [1.807, 2.05) is 78.9 Å². The number of pyridine rings is 1. The van der Waals surface area contributed by atoms with Crippen LogP contribution in [0.4, 0.5) is 0 Å². The highest BCUT2D eigenvalue weighted by Gasteiger charge is 2.24. The Balaban J connectivity index is 1.46. The second kappa shape index (κ2) is 13.2. The van der Waals surface area contributed by atoms with Crippen LogP contribution in [0.1, 0.15) is 34.4 Å². The first-order valence-corrected chi connectivity index (χ1v) is 13.6. The number of para-hydroxylation sites is 1. The fourth-order valence-corrected chi connectivity index (χ4v) is 5.08. The van der Waals surface area contributed by atoms with Crippen LogP contribution >= 0.6 is 0 Å². The number of nitrogens with one attached hydrogen (secondary N) is 2. The van der Waals surface area contributed by atoms with E-state index < -0.39 is 6.10 Å². The van der Waals surface area contributed by atoms with Gasteiger partial charge in [-0.05, 0) is 41.5 Å². The first-order chi connectivity index (χ1) is 20.5. The van der Waals surface area contributed by atoms with E-state index in [2.05, 4.69) is 10.3 Å². The van der Waals surface area contributed by atoms with Crippen LogP contribution in [0.15, 0.2) is 102 Å². The third kappa shape index (κ3) is 6.25. The van der Waals surface area contributed by atoms with Crippen molar-refractivity contribution in [2.75, 3.05) is 27.9 Å². The van der Waals surface area contributed by atoms with Gasteiger partial charge < -0.3 is 34.4 Å². The number of benzene rings is 4. The zero-order valence-corrected chi connectivity index (χ0v) is 23.8. The van der Waals surface area contributed by atoms with Crippen molar-refractivity contribution in [2.45, 2.75) is 18.8 Å². The van der Waals surface area contributed by atoms with Gasteiger partial charge in [0.05, 0.1) is 39.0 Å². The monoisotopic (exact) mass is 566 g/mol. The molecule has 0 bridgehead atoms. The van der Waals surface area contributed by atoms with E-state index >= 15 is 0 Å². The molecule has 2 atom stereocenters. The maximum Gasteiger partial charge on any atom is 0.248 e. The maximum absolute atomic E-state index is 12.3. The van der Waals surface area contributed by atoms with Crippen molar-refractivity contribution in [1.82, 2.24) is 10.3 Å². The molecule has 0 aliphatic rings. The number of aromatic amines is 1. The number of hydrogen-bond acceptors (Lipinski definition) is 7. The Bertz CT molecular complexity index is 1700. The summed E-state index contributed by atoms with van der Waals surface area (Å²) in [5, 5.41) is 15.7. The molecule has 8 nitrogen and oxygen atoms in total. The number of rotatable bonds is 12. The molecule has 3 N–H and O–H groups in total. The lowest BCUT2D eigenvalue weighted by molar-refractivity contribution is 0.173. The summed E-state index contributed by atoms with van der Waals surface area (Å²) in [7, 11) is 4.85. The van der Waals surface area contributed by atoms with E-state index in [1.165, 1.54) is 6.07 Å². The lowest BCUT2D eigenvalue weighted by atomic mass is 9.95. The van der Waals surface area contributed by atoms with Crippen molar-refractivity contribution in [1.29, 1.82) is 0 Å². The molecular formula is C34H34N2O6. The van der Waals surface area contributed by atoms with Gasteiger partial charge in [0.2, 0.25) is 5.56 Å². The molecule has 0 fully saturated rings. The number of ether oxygens (including phenoxy) is 4. The minimum atomic E-state index is -0.914. The minimum Gasteiger partial charge on any atom is -0.497 e. The molecule has 0 aliphatic heterocycles. The quantitative estimate of drug-likeness (QED) is 0.182. The first kappa shape index (κ1) is 28.7. The minimum absolute atomic E-state index is 0.191. The van der Waals surface area contributed by atoms with Crippen LogP contribution in [0.5, 0.6) is 23.0 Å². The topological polar surface area (TPSA) is 102 Å². The van der Waals surface area contributed by atoms with Crippen LogP contribution in [0.25, 0.3) is 10.9 Å². The molecule has 0 amide bonds. The molecule has 216 valence electrons. The van der Waals surface area contributed by atoms with Crippen LogP contribution in [0.2, 0.25) is 0 Å². The highest BCUT2D eigenvalue weighted by atomic mass is 16.5. The Labute approximate surface area is 244 Å². The van der Waals surface area contributed by atoms with E-state index in [-0.39, 0.29) is 18.1 Å². The fraction of sp³-hybridized carbons (Fsp3) is 0.206. The van der Waals surface area contributed by atoms with Crippen molar-refractivity contribution < 1.29 is 24.1 Å². The molecule has 0 aliphatic carbocycles. The Kier molecular flexibility index (Phi) is 9.06. The number of H-pyrrole nitrogens is 1. The predicted octanol–water partition coefficient (Wildman–Crippen LogP) is 5.55. The second-order valence-corrected chi connectivity index (χ2v) is 9.75. The smallest absolute Gasteiger partial charge is 0.248 e. The van der Waals surface area contributed by atoms with Gasteiger partial charge in [-0.3, -0.25) is 4.79 Å². The summed E-state index contributed by atoms with van der Waals surface area (Å²) in [6.07, 6.45) is -0.914. The van der Waals surface area contributed by atoms with Gasteiger partial charge in [-0.1, -0.05) is 54.6 Å². The molecule has 0 saturated heterocycles. The van der Waals surface area contributed by atoms with Gasteiger partial charge in [-0.2, -0.15) is 0 Å². The standard InChI is InChI=1S/C34H34N2O6/c1-39-23-13-14-27(31(19-23)41-3)33(26-11-7-8-12-29(26)40-2)35-20-28(37)24-15-17-30(34-25(24)16-18-32(38)36-34)42-21-22-9-5-4-6-10-22/h4-19,28,33,35,37H,20-21H2,1-3H3,(H,36,38)/t28-,33?/m0/s1. The van der Waals surface area contributed by atoms with Crippen molar-refractivity contribution in [3.05, 3.63) is 130 Å². The number of aliphatic hydroxyl groups is 1. The lowest BCUT2D eigenvalue weighted by Crippen LogP contribution is -2.28. The highest BCUT2D eigenvalue weighted by Crippen LogP contribution is 2.37.